The fourth-order valence-corrected chi connectivity index (χ4v) is 1.45. The molecular weight excluding hydrogens is 294 g/mol. The fourth-order valence-electron chi connectivity index (χ4n) is 1.45. The van der Waals surface area contributed by atoms with Crippen molar-refractivity contribution in [2.45, 2.75) is 12.4 Å². The van der Waals surface area contributed by atoms with Gasteiger partial charge in [0.1, 0.15) is 0 Å². The normalized spacial score (nSPS) is 12.7. The lowest BCUT2D eigenvalue weighted by Crippen LogP contribution is -2.11. The number of halogens is 6. The fraction of sp³-hybridized carbons (Fsp3) is 0.200. The Balaban J connectivity index is 2.66. The summed E-state index contributed by atoms with van der Waals surface area (Å²) in [6, 6.07) is 0.841. The highest BCUT2D eigenvalue weighted by Crippen LogP contribution is 2.37. The molecule has 1 N–H and O–H groups in total. The van der Waals surface area contributed by atoms with Gasteiger partial charge in [-0.15, -0.1) is 0 Å². The molecule has 0 bridgehead atoms. The molecule has 0 fully saturated rings. The molecule has 0 radical (unpaired) electrons. The van der Waals surface area contributed by atoms with E-state index in [0.29, 0.717) is 12.1 Å². The number of nitrogens with zero attached hydrogens (tertiary/aromatic N) is 1. The first-order valence-corrected chi connectivity index (χ1v) is 4.93. The summed E-state index contributed by atoms with van der Waals surface area (Å²) < 4.78 is 79.5. The van der Waals surface area contributed by atoms with Crippen molar-refractivity contribution in [2.75, 3.05) is 0 Å². The minimum Gasteiger partial charge on any atom is -0.296 e. The summed E-state index contributed by atoms with van der Waals surface area (Å²) in [4.78, 5) is 12.6. The quantitative estimate of drug-likeness (QED) is 0.823. The van der Waals surface area contributed by atoms with Crippen LogP contribution in [0.25, 0.3) is 11.4 Å². The summed E-state index contributed by atoms with van der Waals surface area (Å²) in [7, 11) is 0. The van der Waals surface area contributed by atoms with E-state index in [1.54, 1.807) is 0 Å². The van der Waals surface area contributed by atoms with Crippen molar-refractivity contribution in [3.63, 3.8) is 0 Å². The molecule has 20 heavy (non-hydrogen) atoms. The number of rotatable bonds is 1. The zero-order valence-electron chi connectivity index (χ0n) is 9.26. The van der Waals surface area contributed by atoms with E-state index in [9.17, 15) is 31.1 Å². The first-order chi connectivity index (χ1) is 9.07. The SMILES string of the molecule is O=c1[nH]c(-c2cc(C(F)(F)F)cc(C(F)(F)F)c2)no1. The molecular formula is C10H4F6N2O2. The van der Waals surface area contributed by atoms with Crippen molar-refractivity contribution in [3.8, 4) is 11.4 Å². The van der Waals surface area contributed by atoms with Crippen LogP contribution < -0.4 is 5.76 Å². The van der Waals surface area contributed by atoms with Crippen LogP contribution in [0.3, 0.4) is 0 Å². The van der Waals surface area contributed by atoms with E-state index in [4.69, 9.17) is 0 Å². The van der Waals surface area contributed by atoms with Gasteiger partial charge in [0.15, 0.2) is 5.82 Å². The third-order valence-electron chi connectivity index (χ3n) is 2.30. The van der Waals surface area contributed by atoms with Gasteiger partial charge in [-0.25, -0.2) is 4.79 Å². The van der Waals surface area contributed by atoms with Crippen molar-refractivity contribution >= 4 is 0 Å². The number of aromatic amines is 1. The molecule has 0 amide bonds. The van der Waals surface area contributed by atoms with E-state index in [1.807, 2.05) is 4.98 Å². The van der Waals surface area contributed by atoms with Crippen molar-refractivity contribution in [1.29, 1.82) is 0 Å². The zero-order valence-corrected chi connectivity index (χ0v) is 9.26. The van der Waals surface area contributed by atoms with Gasteiger partial charge in [0.05, 0.1) is 11.1 Å². The van der Waals surface area contributed by atoms with Gasteiger partial charge in [-0.3, -0.25) is 9.51 Å². The molecule has 0 aliphatic rings. The lowest BCUT2D eigenvalue weighted by molar-refractivity contribution is -0.143. The summed E-state index contributed by atoms with van der Waals surface area (Å²) in [6.45, 7) is 0. The van der Waals surface area contributed by atoms with Crippen LogP contribution >= 0.6 is 0 Å². The standard InChI is InChI=1S/C10H4F6N2O2/c11-9(12,13)5-1-4(7-17-8(19)20-18-7)2-6(3-5)10(14,15)16/h1-3H,(H,17,18,19). The maximum absolute atomic E-state index is 12.6. The van der Waals surface area contributed by atoms with Crippen LogP contribution in [0.4, 0.5) is 26.3 Å². The molecule has 10 heteroatoms. The second-order valence-electron chi connectivity index (χ2n) is 3.74. The molecule has 2 aromatic rings. The smallest absolute Gasteiger partial charge is 0.296 e. The highest BCUT2D eigenvalue weighted by atomic mass is 19.4. The van der Waals surface area contributed by atoms with Crippen LogP contribution in [0.2, 0.25) is 0 Å². The Hall–Kier alpha value is -2.26. The van der Waals surface area contributed by atoms with E-state index < -0.39 is 40.6 Å². The Labute approximate surface area is 106 Å². The van der Waals surface area contributed by atoms with Crippen LogP contribution in [-0.2, 0) is 12.4 Å². The van der Waals surface area contributed by atoms with Crippen LogP contribution in [0.1, 0.15) is 11.1 Å². The van der Waals surface area contributed by atoms with Crippen molar-refractivity contribution < 1.29 is 30.9 Å². The molecule has 1 aromatic heterocycles. The molecule has 1 heterocycles. The second-order valence-corrected chi connectivity index (χ2v) is 3.74. The molecule has 0 aliphatic heterocycles. The van der Waals surface area contributed by atoms with Gasteiger partial charge in [0.2, 0.25) is 0 Å². The maximum Gasteiger partial charge on any atom is 0.439 e. The van der Waals surface area contributed by atoms with Gasteiger partial charge in [-0.2, -0.15) is 26.3 Å². The number of aromatic nitrogens is 2. The van der Waals surface area contributed by atoms with E-state index in [0.717, 1.165) is 0 Å². The van der Waals surface area contributed by atoms with Crippen LogP contribution in [0.5, 0.6) is 0 Å². The number of hydrogen-bond acceptors (Lipinski definition) is 3. The third kappa shape index (κ3) is 2.83. The Morgan fingerprint density at radius 2 is 1.45 bits per heavy atom. The number of H-pyrrole nitrogens is 1. The van der Waals surface area contributed by atoms with Crippen LogP contribution in [0, 0.1) is 0 Å². The van der Waals surface area contributed by atoms with E-state index in [1.165, 1.54) is 0 Å². The maximum atomic E-state index is 12.6. The minimum absolute atomic E-state index is 0.0261. The molecule has 1 aromatic carbocycles. The predicted octanol–water partition coefficient (Wildman–Crippen LogP) is 3.07. The molecule has 0 unspecified atom stereocenters. The van der Waals surface area contributed by atoms with E-state index in [-0.39, 0.29) is 6.07 Å². The van der Waals surface area contributed by atoms with Gasteiger partial charge in [-0.1, -0.05) is 5.16 Å². The average Bonchev–Trinajstić information content (AvgIpc) is 2.73. The van der Waals surface area contributed by atoms with Gasteiger partial charge in [0, 0.05) is 5.56 Å². The first kappa shape index (κ1) is 14.2. The monoisotopic (exact) mass is 298 g/mol. The Morgan fingerprint density at radius 1 is 0.950 bits per heavy atom. The molecule has 2 rings (SSSR count). The van der Waals surface area contributed by atoms with Gasteiger partial charge >= 0.3 is 18.1 Å². The molecule has 0 atom stereocenters. The topological polar surface area (TPSA) is 58.9 Å². The Kier molecular flexibility index (Phi) is 3.11. The van der Waals surface area contributed by atoms with Crippen LogP contribution in [-0.4, -0.2) is 10.1 Å². The van der Waals surface area contributed by atoms with E-state index in [2.05, 4.69) is 9.68 Å². The molecule has 0 spiro atoms. The number of hydrogen-bond donors (Lipinski definition) is 1. The van der Waals surface area contributed by atoms with Gasteiger partial charge < -0.3 is 0 Å². The zero-order chi connectivity index (χ0) is 15.1. The number of nitrogens with one attached hydrogen (secondary N) is 1. The molecule has 108 valence electrons. The van der Waals surface area contributed by atoms with Crippen molar-refractivity contribution in [2.24, 2.45) is 0 Å². The van der Waals surface area contributed by atoms with Gasteiger partial charge in [0.25, 0.3) is 0 Å². The summed E-state index contributed by atoms with van der Waals surface area (Å²) in [6.07, 6.45) is -9.94. The summed E-state index contributed by atoms with van der Waals surface area (Å²) in [5.41, 5.74) is -3.57. The van der Waals surface area contributed by atoms with Gasteiger partial charge in [-0.05, 0) is 18.2 Å². The first-order valence-electron chi connectivity index (χ1n) is 4.93. The summed E-state index contributed by atoms with van der Waals surface area (Å²) >= 11 is 0. The average molecular weight is 298 g/mol. The summed E-state index contributed by atoms with van der Waals surface area (Å²) in [5, 5.41) is 3.05. The second kappa shape index (κ2) is 4.39. The Bertz CT molecular complexity index is 650. The van der Waals surface area contributed by atoms with Crippen LogP contribution in [0.15, 0.2) is 27.5 Å². The minimum atomic E-state index is -4.97. The predicted molar refractivity (Wildman–Crippen MR) is 52.6 cm³/mol. The highest BCUT2D eigenvalue weighted by Gasteiger charge is 2.37. The Morgan fingerprint density at radius 3 is 1.80 bits per heavy atom. The highest BCUT2D eigenvalue weighted by molar-refractivity contribution is 5.57. The molecule has 0 saturated carbocycles. The van der Waals surface area contributed by atoms with Crippen molar-refractivity contribution in [3.05, 3.63) is 39.9 Å². The van der Waals surface area contributed by atoms with Crippen molar-refractivity contribution in [1.82, 2.24) is 10.1 Å². The van der Waals surface area contributed by atoms with E-state index >= 15 is 0 Å². The lowest BCUT2D eigenvalue weighted by atomic mass is 10.0. The largest absolute Gasteiger partial charge is 0.439 e. The molecule has 0 aliphatic carbocycles. The lowest BCUT2D eigenvalue weighted by Gasteiger charge is -2.12. The number of alkyl halides is 6. The molecule has 4 nitrogen and oxygen atoms in total. The molecule has 0 saturated heterocycles. The summed E-state index contributed by atoms with van der Waals surface area (Å²) in [5.74, 6) is -1.61. The number of benzene rings is 1. The third-order valence-corrected chi connectivity index (χ3v) is 2.30.